The van der Waals surface area contributed by atoms with Crippen LogP contribution in [0.15, 0.2) is 54.7 Å². The first kappa shape index (κ1) is 18.1. The van der Waals surface area contributed by atoms with Gasteiger partial charge >= 0.3 is 0 Å². The lowest BCUT2D eigenvalue weighted by molar-refractivity contribution is 0.415. The quantitative estimate of drug-likeness (QED) is 0.481. The lowest BCUT2D eigenvalue weighted by atomic mass is 10.0. The van der Waals surface area contributed by atoms with Crippen molar-refractivity contribution in [2.24, 2.45) is 0 Å². The first-order valence-electron chi connectivity index (χ1n) is 9.96. The molecule has 4 aromatic rings. The Hall–Kier alpha value is -2.92. The van der Waals surface area contributed by atoms with Crippen molar-refractivity contribution in [2.45, 2.75) is 32.4 Å². The number of aryl methyl sites for hydroxylation is 2. The third-order valence-electron chi connectivity index (χ3n) is 5.61. The van der Waals surface area contributed by atoms with Gasteiger partial charge in [0, 0.05) is 34.6 Å². The van der Waals surface area contributed by atoms with Crippen molar-refractivity contribution in [3.63, 3.8) is 0 Å². The largest absolute Gasteiger partial charge is 0.497 e. The number of hydrogen-bond donors (Lipinski definition) is 1. The van der Waals surface area contributed by atoms with Gasteiger partial charge in [-0.2, -0.15) is 5.10 Å². The van der Waals surface area contributed by atoms with Gasteiger partial charge in [-0.25, -0.2) is 4.52 Å². The third-order valence-corrected chi connectivity index (χ3v) is 5.86. The van der Waals surface area contributed by atoms with E-state index in [4.69, 9.17) is 21.4 Å². The Morgan fingerprint density at radius 1 is 1.07 bits per heavy atom. The average Bonchev–Trinajstić information content (AvgIpc) is 3.16. The summed E-state index contributed by atoms with van der Waals surface area (Å²) in [4.78, 5) is 0. The predicted octanol–water partition coefficient (Wildman–Crippen LogP) is 5.41. The smallest absolute Gasteiger partial charge is 0.150 e. The second-order valence-electron chi connectivity index (χ2n) is 7.40. The summed E-state index contributed by atoms with van der Waals surface area (Å²) in [7, 11) is 1.68. The van der Waals surface area contributed by atoms with E-state index >= 15 is 0 Å². The third kappa shape index (κ3) is 3.36. The number of nitrogens with zero attached hydrogens (tertiary/aromatic N) is 3. The molecule has 0 radical (unpaired) electrons. The van der Waals surface area contributed by atoms with Gasteiger partial charge in [-0.1, -0.05) is 23.7 Å². The van der Waals surface area contributed by atoms with Gasteiger partial charge in [-0.15, -0.1) is 0 Å². The summed E-state index contributed by atoms with van der Waals surface area (Å²) < 4.78 is 9.66. The summed E-state index contributed by atoms with van der Waals surface area (Å²) in [5.41, 5.74) is 6.12. The topological polar surface area (TPSA) is 43.5 Å². The maximum absolute atomic E-state index is 6.08. The molecule has 0 amide bonds. The van der Waals surface area contributed by atoms with Gasteiger partial charge in [-0.05, 0) is 61.2 Å². The molecule has 0 atom stereocenters. The summed E-state index contributed by atoms with van der Waals surface area (Å²) in [5, 5.41) is 9.15. The monoisotopic (exact) mass is 406 g/mol. The number of anilines is 1. The van der Waals surface area contributed by atoms with Crippen molar-refractivity contribution in [3.05, 3.63) is 71.1 Å². The van der Waals surface area contributed by atoms with Crippen LogP contribution in [0.3, 0.4) is 0 Å². The summed E-state index contributed by atoms with van der Waals surface area (Å²) in [5.74, 6) is 1.92. The lowest BCUT2D eigenvalue weighted by Gasteiger charge is -2.09. The molecule has 0 saturated heterocycles. The first-order valence-corrected chi connectivity index (χ1v) is 10.3. The Morgan fingerprint density at radius 2 is 1.86 bits per heavy atom. The standard InChI is InChI=1S/C23H23ClN4O/c1-29-19-11-9-18(10-12-19)25-14-22-26-28-15-21(16-5-7-17(24)8-6-16)20-4-2-3-13-27(22)23(20)28/h5-12,15,25H,2-4,13-14H2,1H3. The first-order chi connectivity index (χ1) is 14.2. The highest BCUT2D eigenvalue weighted by molar-refractivity contribution is 6.30. The van der Waals surface area contributed by atoms with Crippen LogP contribution in [0.1, 0.15) is 24.2 Å². The number of rotatable bonds is 5. The molecule has 1 N–H and O–H groups in total. The fraction of sp³-hybridized carbons (Fsp3) is 0.261. The van der Waals surface area contributed by atoms with Crippen molar-refractivity contribution < 1.29 is 4.74 Å². The molecule has 2 aromatic carbocycles. The molecule has 148 valence electrons. The van der Waals surface area contributed by atoms with Crippen molar-refractivity contribution in [3.8, 4) is 16.9 Å². The molecule has 1 aliphatic heterocycles. The minimum Gasteiger partial charge on any atom is -0.497 e. The van der Waals surface area contributed by atoms with E-state index in [-0.39, 0.29) is 0 Å². The maximum atomic E-state index is 6.08. The van der Waals surface area contributed by atoms with Crippen LogP contribution in [0, 0.1) is 0 Å². The fourth-order valence-corrected chi connectivity index (χ4v) is 4.26. The number of nitrogens with one attached hydrogen (secondary N) is 1. The van der Waals surface area contributed by atoms with E-state index in [0.29, 0.717) is 6.54 Å². The van der Waals surface area contributed by atoms with Crippen molar-refractivity contribution in [2.75, 3.05) is 12.4 Å². The van der Waals surface area contributed by atoms with Crippen LogP contribution in [0.5, 0.6) is 5.75 Å². The van der Waals surface area contributed by atoms with Crippen molar-refractivity contribution in [1.82, 2.24) is 14.2 Å². The molecule has 0 bridgehead atoms. The molecule has 6 heteroatoms. The molecule has 5 rings (SSSR count). The summed E-state index contributed by atoms with van der Waals surface area (Å²) in [6.45, 7) is 1.68. The minimum atomic E-state index is 0.684. The minimum absolute atomic E-state index is 0.684. The number of methoxy groups -OCH3 is 1. The second kappa shape index (κ2) is 7.48. The number of benzene rings is 2. The van der Waals surface area contributed by atoms with Gasteiger partial charge in [0.2, 0.25) is 0 Å². The van der Waals surface area contributed by atoms with Crippen molar-refractivity contribution in [1.29, 1.82) is 0 Å². The normalized spacial score (nSPS) is 13.4. The van der Waals surface area contributed by atoms with Crippen LogP contribution in [-0.2, 0) is 19.5 Å². The Kier molecular flexibility index (Phi) is 4.68. The number of halogens is 1. The van der Waals surface area contributed by atoms with E-state index in [9.17, 15) is 0 Å². The zero-order valence-electron chi connectivity index (χ0n) is 16.4. The molecule has 0 spiro atoms. The van der Waals surface area contributed by atoms with Gasteiger partial charge in [-0.3, -0.25) is 0 Å². The molecule has 0 fully saturated rings. The Balaban J connectivity index is 1.48. The predicted molar refractivity (Wildman–Crippen MR) is 117 cm³/mol. The SMILES string of the molecule is COc1ccc(NCc2nn3cc(-c4ccc(Cl)cc4)c4c3n2CCCC4)cc1. The van der Waals surface area contributed by atoms with E-state index in [1.807, 2.05) is 36.4 Å². The number of ether oxygens (including phenoxy) is 1. The Bertz CT molecular complexity index is 1140. The molecule has 2 aromatic heterocycles. The molecule has 0 aliphatic carbocycles. The lowest BCUT2D eigenvalue weighted by Crippen LogP contribution is -2.09. The molecule has 5 nitrogen and oxygen atoms in total. The number of hydrogen-bond acceptors (Lipinski definition) is 3. The van der Waals surface area contributed by atoms with Crippen LogP contribution in [-0.4, -0.2) is 21.3 Å². The Labute approximate surface area is 174 Å². The average molecular weight is 407 g/mol. The molecular weight excluding hydrogens is 384 g/mol. The summed E-state index contributed by atoms with van der Waals surface area (Å²) in [6, 6.07) is 16.1. The maximum Gasteiger partial charge on any atom is 0.150 e. The molecule has 1 aliphatic rings. The highest BCUT2D eigenvalue weighted by Crippen LogP contribution is 2.33. The van der Waals surface area contributed by atoms with Gasteiger partial charge in [0.25, 0.3) is 0 Å². The molecule has 3 heterocycles. The number of aromatic nitrogens is 3. The van der Waals surface area contributed by atoms with Crippen LogP contribution >= 0.6 is 11.6 Å². The van der Waals surface area contributed by atoms with Gasteiger partial charge in [0.15, 0.2) is 5.82 Å². The van der Waals surface area contributed by atoms with Crippen molar-refractivity contribution >= 4 is 22.9 Å². The Morgan fingerprint density at radius 3 is 2.62 bits per heavy atom. The molecule has 0 saturated carbocycles. The highest BCUT2D eigenvalue weighted by Gasteiger charge is 2.22. The van der Waals surface area contributed by atoms with Crippen LogP contribution < -0.4 is 10.1 Å². The molecule has 0 unspecified atom stereocenters. The van der Waals surface area contributed by atoms with E-state index in [2.05, 4.69) is 32.7 Å². The van der Waals surface area contributed by atoms with Crippen LogP contribution in [0.2, 0.25) is 5.02 Å². The van der Waals surface area contributed by atoms with E-state index in [0.717, 1.165) is 41.7 Å². The van der Waals surface area contributed by atoms with Crippen LogP contribution in [0.25, 0.3) is 16.8 Å². The highest BCUT2D eigenvalue weighted by atomic mass is 35.5. The molecule has 29 heavy (non-hydrogen) atoms. The second-order valence-corrected chi connectivity index (χ2v) is 7.84. The van der Waals surface area contributed by atoms with Gasteiger partial charge < -0.3 is 14.6 Å². The van der Waals surface area contributed by atoms with E-state index in [1.54, 1.807) is 7.11 Å². The zero-order chi connectivity index (χ0) is 19.8. The van der Waals surface area contributed by atoms with E-state index < -0.39 is 0 Å². The van der Waals surface area contributed by atoms with Crippen LogP contribution in [0.4, 0.5) is 5.69 Å². The zero-order valence-corrected chi connectivity index (χ0v) is 17.1. The fourth-order valence-electron chi connectivity index (χ4n) is 4.14. The van der Waals surface area contributed by atoms with E-state index in [1.165, 1.54) is 28.8 Å². The summed E-state index contributed by atoms with van der Waals surface area (Å²) >= 11 is 6.08. The molecular formula is C23H23ClN4O. The summed E-state index contributed by atoms with van der Waals surface area (Å²) in [6.07, 6.45) is 5.59. The van der Waals surface area contributed by atoms with Gasteiger partial charge in [0.1, 0.15) is 11.4 Å². The van der Waals surface area contributed by atoms with Gasteiger partial charge in [0.05, 0.1) is 13.7 Å².